The van der Waals surface area contributed by atoms with Crippen LogP contribution in [-0.4, -0.2) is 47.3 Å². The molecule has 0 aromatic heterocycles. The lowest BCUT2D eigenvalue weighted by Crippen LogP contribution is -2.61. The Kier molecular flexibility index (Phi) is 10.3. The van der Waals surface area contributed by atoms with E-state index in [0.29, 0.717) is 6.54 Å². The Morgan fingerprint density at radius 2 is 1.40 bits per heavy atom. The van der Waals surface area contributed by atoms with Gasteiger partial charge in [-0.2, -0.15) is 0 Å². The Bertz CT molecular complexity index is 1550. The second kappa shape index (κ2) is 15.2. The van der Waals surface area contributed by atoms with Gasteiger partial charge in [0.2, 0.25) is 0 Å². The number of ether oxygens (including phenoxy) is 2. The number of nitrogens with one attached hydrogen (secondary N) is 2. The highest BCUT2D eigenvalue weighted by atomic mass is 16.7. The van der Waals surface area contributed by atoms with Crippen LogP contribution in [-0.2, 0) is 22.6 Å². The van der Waals surface area contributed by atoms with Crippen molar-refractivity contribution in [1.82, 2.24) is 15.5 Å². The summed E-state index contributed by atoms with van der Waals surface area (Å²) in [6.07, 6.45) is 14.4. The van der Waals surface area contributed by atoms with E-state index in [1.165, 1.54) is 51.4 Å². The van der Waals surface area contributed by atoms with Crippen molar-refractivity contribution >= 4 is 6.03 Å². The Morgan fingerprint density at radius 3 is 2.08 bits per heavy atom. The standard InChI is InChI=1S/C43H55N3O4/c47-29-30-10-12-35(13-11-30)40-23-38(28-46-18-6-2-1-3-7-19-46)49-41(50-40)36-16-14-34(15-17-36)39-9-5-4-8-37(39)27-44-42(48)45-43-24-31-20-32(25-43)22-33(21-31)26-43/h4-5,8-17,31-33,38,40-41,47H,1-3,6-7,18-29H2,(H2,44,45,48). The molecular formula is C43H55N3O4. The van der Waals surface area contributed by atoms with Crippen molar-refractivity contribution in [1.29, 1.82) is 0 Å². The van der Waals surface area contributed by atoms with Crippen LogP contribution in [0.3, 0.4) is 0 Å². The van der Waals surface area contributed by atoms with Crippen molar-refractivity contribution in [3.8, 4) is 11.1 Å². The van der Waals surface area contributed by atoms with Gasteiger partial charge in [-0.25, -0.2) is 4.79 Å². The molecule has 4 aliphatic carbocycles. The maximum atomic E-state index is 13.2. The number of carbonyl (C=O) groups excluding carboxylic acids is 1. The Morgan fingerprint density at radius 1 is 0.760 bits per heavy atom. The number of nitrogens with zero attached hydrogens (tertiary/aromatic N) is 1. The summed E-state index contributed by atoms with van der Waals surface area (Å²) in [5.41, 5.74) is 6.38. The smallest absolute Gasteiger partial charge is 0.315 e. The van der Waals surface area contributed by atoms with Gasteiger partial charge in [0.25, 0.3) is 0 Å². The topological polar surface area (TPSA) is 83.1 Å². The summed E-state index contributed by atoms with van der Waals surface area (Å²) in [6.45, 7) is 3.71. The summed E-state index contributed by atoms with van der Waals surface area (Å²) < 4.78 is 13.4. The summed E-state index contributed by atoms with van der Waals surface area (Å²) in [5.74, 6) is 2.40. The van der Waals surface area contributed by atoms with E-state index in [4.69, 9.17) is 9.47 Å². The van der Waals surface area contributed by atoms with Gasteiger partial charge in [-0.05, 0) is 110 Å². The van der Waals surface area contributed by atoms with Crippen LogP contribution in [0.4, 0.5) is 4.79 Å². The van der Waals surface area contributed by atoms with Gasteiger partial charge < -0.3 is 30.1 Å². The first-order valence-corrected chi connectivity index (χ1v) is 19.5. The van der Waals surface area contributed by atoms with Crippen LogP contribution in [0.1, 0.15) is 112 Å². The molecule has 266 valence electrons. The van der Waals surface area contributed by atoms with E-state index in [1.807, 2.05) is 12.1 Å². The van der Waals surface area contributed by atoms with Crippen LogP contribution in [0.15, 0.2) is 72.8 Å². The number of urea groups is 1. The van der Waals surface area contributed by atoms with Crippen molar-refractivity contribution < 1.29 is 19.4 Å². The number of hydrogen-bond acceptors (Lipinski definition) is 5. The predicted octanol–water partition coefficient (Wildman–Crippen LogP) is 8.43. The van der Waals surface area contributed by atoms with Gasteiger partial charge in [0, 0.05) is 30.6 Å². The average Bonchev–Trinajstić information content (AvgIpc) is 3.11. The molecule has 4 saturated carbocycles. The fourth-order valence-electron chi connectivity index (χ4n) is 10.3. The summed E-state index contributed by atoms with van der Waals surface area (Å²) in [7, 11) is 0. The molecule has 0 radical (unpaired) electrons. The third-order valence-electron chi connectivity index (χ3n) is 12.4. The van der Waals surface area contributed by atoms with Crippen molar-refractivity contribution in [2.45, 2.75) is 114 Å². The van der Waals surface area contributed by atoms with Gasteiger partial charge in [0.1, 0.15) is 0 Å². The molecule has 4 bridgehead atoms. The number of amides is 2. The number of likely N-dealkylation sites (tertiary alicyclic amines) is 1. The third kappa shape index (κ3) is 7.81. The summed E-state index contributed by atoms with van der Waals surface area (Å²) >= 11 is 0. The average molecular weight is 678 g/mol. The zero-order chi connectivity index (χ0) is 33.9. The minimum atomic E-state index is -0.467. The van der Waals surface area contributed by atoms with Crippen molar-refractivity contribution in [3.63, 3.8) is 0 Å². The maximum Gasteiger partial charge on any atom is 0.315 e. The zero-order valence-electron chi connectivity index (χ0n) is 29.5. The Balaban J connectivity index is 0.946. The van der Waals surface area contributed by atoms with Crippen molar-refractivity contribution in [3.05, 3.63) is 95.1 Å². The molecule has 2 amide bonds. The normalized spacial score (nSPS) is 31.1. The quantitative estimate of drug-likeness (QED) is 0.212. The van der Waals surface area contributed by atoms with Crippen LogP contribution in [0.25, 0.3) is 11.1 Å². The predicted molar refractivity (Wildman–Crippen MR) is 196 cm³/mol. The molecule has 3 unspecified atom stereocenters. The fourth-order valence-corrected chi connectivity index (χ4v) is 10.3. The van der Waals surface area contributed by atoms with Gasteiger partial charge in [-0.15, -0.1) is 0 Å². The van der Waals surface area contributed by atoms with Gasteiger partial charge in [-0.1, -0.05) is 92.1 Å². The lowest BCUT2D eigenvalue weighted by Gasteiger charge is -2.56. The Hall–Kier alpha value is -3.23. The molecule has 3 aromatic rings. The summed E-state index contributed by atoms with van der Waals surface area (Å²) in [6, 6.07) is 25.1. The Labute approximate surface area is 298 Å². The molecule has 9 rings (SSSR count). The largest absolute Gasteiger partial charge is 0.392 e. The number of carbonyl (C=O) groups is 1. The molecule has 50 heavy (non-hydrogen) atoms. The molecular weight excluding hydrogens is 622 g/mol. The van der Waals surface area contributed by atoms with Crippen LogP contribution in [0.5, 0.6) is 0 Å². The van der Waals surface area contributed by atoms with Gasteiger partial charge >= 0.3 is 6.03 Å². The zero-order valence-corrected chi connectivity index (χ0v) is 29.5. The number of hydrogen-bond donors (Lipinski definition) is 3. The van der Waals surface area contributed by atoms with Crippen LogP contribution in [0.2, 0.25) is 0 Å². The van der Waals surface area contributed by atoms with Gasteiger partial charge in [-0.3, -0.25) is 0 Å². The maximum absolute atomic E-state index is 13.2. The molecule has 6 aliphatic rings. The first-order chi connectivity index (χ1) is 24.5. The summed E-state index contributed by atoms with van der Waals surface area (Å²) in [4.78, 5) is 15.8. The monoisotopic (exact) mass is 677 g/mol. The first kappa shape index (κ1) is 33.9. The highest BCUT2D eigenvalue weighted by Gasteiger charge is 2.51. The van der Waals surface area contributed by atoms with E-state index in [1.54, 1.807) is 0 Å². The molecule has 2 heterocycles. The lowest BCUT2D eigenvalue weighted by molar-refractivity contribution is -0.253. The molecule has 7 nitrogen and oxygen atoms in total. The third-order valence-corrected chi connectivity index (χ3v) is 12.4. The second-order valence-corrected chi connectivity index (χ2v) is 16.2. The van der Waals surface area contributed by atoms with Gasteiger partial charge in [0.15, 0.2) is 6.29 Å². The molecule has 3 aromatic carbocycles. The van der Waals surface area contributed by atoms with E-state index < -0.39 is 6.29 Å². The van der Waals surface area contributed by atoms with Crippen molar-refractivity contribution in [2.75, 3.05) is 19.6 Å². The van der Waals surface area contributed by atoms with E-state index in [-0.39, 0.29) is 30.4 Å². The molecule has 6 fully saturated rings. The number of aliphatic hydroxyl groups excluding tert-OH is 1. The van der Waals surface area contributed by atoms with E-state index in [0.717, 1.165) is 96.5 Å². The minimum absolute atomic E-state index is 0.00475. The molecule has 3 atom stereocenters. The molecule has 0 spiro atoms. The van der Waals surface area contributed by atoms with Crippen LogP contribution >= 0.6 is 0 Å². The summed E-state index contributed by atoms with van der Waals surface area (Å²) in [5, 5.41) is 16.3. The number of rotatable bonds is 9. The molecule has 2 saturated heterocycles. The fraction of sp³-hybridized carbons (Fsp3) is 0.558. The van der Waals surface area contributed by atoms with Crippen LogP contribution < -0.4 is 10.6 Å². The molecule has 7 heteroatoms. The van der Waals surface area contributed by atoms with Crippen molar-refractivity contribution in [2.24, 2.45) is 17.8 Å². The lowest BCUT2D eigenvalue weighted by atomic mass is 9.53. The van der Waals surface area contributed by atoms with E-state index in [2.05, 4.69) is 76.2 Å². The van der Waals surface area contributed by atoms with Gasteiger partial charge in [0.05, 0.1) is 18.8 Å². The molecule has 3 N–H and O–H groups in total. The van der Waals surface area contributed by atoms with E-state index >= 15 is 0 Å². The SMILES string of the molecule is O=C(NCc1ccccc1-c1ccc(C2OC(CN3CCCCCCC3)CC(c3ccc(CO)cc3)O2)cc1)NC12CC3CC(CC(C3)C1)C2. The first-order valence-electron chi connectivity index (χ1n) is 19.5. The number of aliphatic hydroxyl groups is 1. The molecule has 2 aliphatic heterocycles. The number of benzene rings is 3. The minimum Gasteiger partial charge on any atom is -0.392 e. The second-order valence-electron chi connectivity index (χ2n) is 16.2. The van der Waals surface area contributed by atoms with E-state index in [9.17, 15) is 9.90 Å². The highest BCUT2D eigenvalue weighted by Crippen LogP contribution is 2.55. The van der Waals surface area contributed by atoms with Crippen LogP contribution in [0, 0.1) is 17.8 Å². The highest BCUT2D eigenvalue weighted by molar-refractivity contribution is 5.76.